The fraction of sp³-hybridized carbons (Fsp3) is 0.500. The third-order valence-corrected chi connectivity index (χ3v) is 3.97. The molecule has 1 rings (SSSR count). The van der Waals surface area contributed by atoms with Gasteiger partial charge in [0.05, 0.1) is 6.04 Å². The second kappa shape index (κ2) is 5.86. The molecule has 0 radical (unpaired) electrons. The van der Waals surface area contributed by atoms with Gasteiger partial charge < -0.3 is 15.3 Å². The normalized spacial score (nSPS) is 13.8. The molecule has 0 bridgehead atoms. The van der Waals surface area contributed by atoms with Crippen LogP contribution in [-0.2, 0) is 4.79 Å². The molecule has 0 aliphatic heterocycles. The lowest BCUT2D eigenvalue weighted by Gasteiger charge is -2.24. The van der Waals surface area contributed by atoms with Crippen LogP contribution < -0.4 is 5.32 Å². The van der Waals surface area contributed by atoms with Crippen molar-refractivity contribution >= 4 is 23.3 Å². The van der Waals surface area contributed by atoms with Crippen LogP contribution in [0.4, 0.5) is 4.79 Å². The van der Waals surface area contributed by atoms with Crippen molar-refractivity contribution in [3.63, 3.8) is 0 Å². The number of carboxylic acids is 1. The van der Waals surface area contributed by atoms with Gasteiger partial charge in [-0.25, -0.2) is 9.59 Å². The van der Waals surface area contributed by atoms with Gasteiger partial charge in [-0.15, -0.1) is 11.3 Å². The highest BCUT2D eigenvalue weighted by Gasteiger charge is 2.23. The van der Waals surface area contributed by atoms with E-state index in [0.717, 1.165) is 4.88 Å². The van der Waals surface area contributed by atoms with Gasteiger partial charge in [-0.05, 0) is 32.9 Å². The quantitative estimate of drug-likeness (QED) is 0.881. The van der Waals surface area contributed by atoms with Gasteiger partial charge in [0.15, 0.2) is 0 Å². The number of carbonyl (C=O) groups excluding carboxylic acids is 1. The number of hydrogen-bond acceptors (Lipinski definition) is 3. The molecule has 2 amide bonds. The first-order valence-corrected chi connectivity index (χ1v) is 6.47. The summed E-state index contributed by atoms with van der Waals surface area (Å²) < 4.78 is 0. The number of carbonyl (C=O) groups is 2. The van der Waals surface area contributed by atoms with Gasteiger partial charge in [-0.1, -0.05) is 0 Å². The van der Waals surface area contributed by atoms with Gasteiger partial charge in [0.2, 0.25) is 0 Å². The smallest absolute Gasteiger partial charge is 0.326 e. The molecule has 100 valence electrons. The van der Waals surface area contributed by atoms with E-state index in [1.165, 1.54) is 23.7 Å². The SMILES string of the molecule is Cc1ccc(C(C)NC(=O)N(C)C(C)C(=O)O)s1. The van der Waals surface area contributed by atoms with Crippen molar-refractivity contribution in [1.82, 2.24) is 10.2 Å². The molecule has 1 aromatic heterocycles. The number of nitrogens with zero attached hydrogens (tertiary/aromatic N) is 1. The van der Waals surface area contributed by atoms with Crippen LogP contribution in [0.1, 0.15) is 29.6 Å². The van der Waals surface area contributed by atoms with Crippen LogP contribution in [0.5, 0.6) is 0 Å². The standard InChI is InChI=1S/C12H18N2O3S/c1-7-5-6-10(18-7)8(2)13-12(17)14(4)9(3)11(15)16/h5-6,8-9H,1-4H3,(H,13,17)(H,15,16). The van der Waals surface area contributed by atoms with Crippen LogP contribution in [0.3, 0.4) is 0 Å². The van der Waals surface area contributed by atoms with E-state index < -0.39 is 12.0 Å². The van der Waals surface area contributed by atoms with Crippen molar-refractivity contribution in [2.24, 2.45) is 0 Å². The number of carboxylic acid groups (broad SMARTS) is 1. The van der Waals surface area contributed by atoms with Crippen LogP contribution in [0.15, 0.2) is 12.1 Å². The van der Waals surface area contributed by atoms with Crippen LogP contribution in [0.25, 0.3) is 0 Å². The van der Waals surface area contributed by atoms with Crippen LogP contribution in [0, 0.1) is 6.92 Å². The summed E-state index contributed by atoms with van der Waals surface area (Å²) in [6.45, 7) is 5.35. The van der Waals surface area contributed by atoms with Crippen molar-refractivity contribution in [2.45, 2.75) is 32.9 Å². The Morgan fingerprint density at radius 1 is 1.39 bits per heavy atom. The Bertz CT molecular complexity index is 444. The summed E-state index contributed by atoms with van der Waals surface area (Å²) in [4.78, 5) is 26.0. The van der Waals surface area contributed by atoms with Gasteiger partial charge in [0.25, 0.3) is 0 Å². The van der Waals surface area contributed by atoms with Crippen LogP contribution in [0.2, 0.25) is 0 Å². The summed E-state index contributed by atoms with van der Waals surface area (Å²) in [7, 11) is 1.47. The molecule has 0 saturated heterocycles. The monoisotopic (exact) mass is 270 g/mol. The number of amides is 2. The van der Waals surface area contributed by atoms with Crippen molar-refractivity contribution in [1.29, 1.82) is 0 Å². The van der Waals surface area contributed by atoms with E-state index in [-0.39, 0.29) is 12.1 Å². The van der Waals surface area contributed by atoms with Gasteiger partial charge in [-0.2, -0.15) is 0 Å². The molecule has 0 saturated carbocycles. The second-order valence-corrected chi connectivity index (χ2v) is 5.56. The molecule has 2 unspecified atom stereocenters. The minimum Gasteiger partial charge on any atom is -0.480 e. The zero-order valence-electron chi connectivity index (χ0n) is 10.9. The minimum atomic E-state index is -1.02. The molecule has 18 heavy (non-hydrogen) atoms. The Labute approximate surface area is 110 Å². The number of thiophene rings is 1. The Morgan fingerprint density at radius 2 is 2.00 bits per heavy atom. The molecule has 0 aromatic carbocycles. The summed E-state index contributed by atoms with van der Waals surface area (Å²) in [5, 5.41) is 11.6. The zero-order valence-corrected chi connectivity index (χ0v) is 11.7. The molecule has 6 heteroatoms. The molecule has 1 heterocycles. The first-order valence-electron chi connectivity index (χ1n) is 5.65. The number of aryl methyl sites for hydroxylation is 1. The average molecular weight is 270 g/mol. The summed E-state index contributed by atoms with van der Waals surface area (Å²) in [5.41, 5.74) is 0. The highest BCUT2D eigenvalue weighted by molar-refractivity contribution is 7.12. The van der Waals surface area contributed by atoms with Crippen molar-refractivity contribution < 1.29 is 14.7 Å². The number of nitrogens with one attached hydrogen (secondary N) is 1. The summed E-state index contributed by atoms with van der Waals surface area (Å²) >= 11 is 1.61. The average Bonchev–Trinajstić information content (AvgIpc) is 2.73. The topological polar surface area (TPSA) is 69.6 Å². The lowest BCUT2D eigenvalue weighted by molar-refractivity contribution is -0.141. The number of hydrogen-bond donors (Lipinski definition) is 2. The molecule has 2 N–H and O–H groups in total. The van der Waals surface area contributed by atoms with E-state index >= 15 is 0 Å². The van der Waals surface area contributed by atoms with E-state index in [1.807, 2.05) is 26.0 Å². The predicted octanol–water partition coefficient (Wildman–Crippen LogP) is 2.23. The first kappa shape index (κ1) is 14.5. The lowest BCUT2D eigenvalue weighted by Crippen LogP contribution is -2.46. The molecule has 0 aliphatic carbocycles. The minimum absolute atomic E-state index is 0.125. The Morgan fingerprint density at radius 3 is 2.44 bits per heavy atom. The predicted molar refractivity (Wildman–Crippen MR) is 70.9 cm³/mol. The Kier molecular flexibility index (Phi) is 4.72. The molecule has 0 aliphatic rings. The van der Waals surface area contributed by atoms with Crippen molar-refractivity contribution in [3.05, 3.63) is 21.9 Å². The first-order chi connectivity index (χ1) is 8.32. The summed E-state index contributed by atoms with van der Waals surface area (Å²) in [6, 6.07) is 2.60. The fourth-order valence-corrected chi connectivity index (χ4v) is 2.27. The second-order valence-electron chi connectivity index (χ2n) is 4.24. The van der Waals surface area contributed by atoms with Crippen molar-refractivity contribution in [3.8, 4) is 0 Å². The highest BCUT2D eigenvalue weighted by Crippen LogP contribution is 2.22. The molecule has 1 aromatic rings. The third kappa shape index (κ3) is 3.46. The molecule has 2 atom stereocenters. The van der Waals surface area contributed by atoms with Gasteiger partial charge >= 0.3 is 12.0 Å². The van der Waals surface area contributed by atoms with E-state index in [1.54, 1.807) is 11.3 Å². The van der Waals surface area contributed by atoms with Crippen LogP contribution in [-0.4, -0.2) is 35.1 Å². The summed E-state index contributed by atoms with van der Waals surface area (Å²) in [6.07, 6.45) is 0. The summed E-state index contributed by atoms with van der Waals surface area (Å²) in [5.74, 6) is -1.02. The number of urea groups is 1. The van der Waals surface area contributed by atoms with E-state index in [4.69, 9.17) is 5.11 Å². The Hall–Kier alpha value is -1.56. The number of likely N-dealkylation sites (N-methyl/N-ethyl adjacent to an activating group) is 1. The largest absolute Gasteiger partial charge is 0.480 e. The maximum atomic E-state index is 11.8. The maximum Gasteiger partial charge on any atom is 0.326 e. The number of aliphatic carboxylic acids is 1. The molecule has 0 spiro atoms. The van der Waals surface area contributed by atoms with E-state index in [2.05, 4.69) is 5.32 Å². The molecular formula is C12H18N2O3S. The molecular weight excluding hydrogens is 252 g/mol. The maximum absolute atomic E-state index is 11.8. The van der Waals surface area contributed by atoms with E-state index in [0.29, 0.717) is 0 Å². The van der Waals surface area contributed by atoms with Gasteiger partial charge in [0, 0.05) is 16.8 Å². The van der Waals surface area contributed by atoms with Crippen molar-refractivity contribution in [2.75, 3.05) is 7.05 Å². The fourth-order valence-electron chi connectivity index (χ4n) is 1.39. The zero-order chi connectivity index (χ0) is 13.9. The van der Waals surface area contributed by atoms with Crippen LogP contribution >= 0.6 is 11.3 Å². The highest BCUT2D eigenvalue weighted by atomic mass is 32.1. The van der Waals surface area contributed by atoms with Gasteiger partial charge in [-0.3, -0.25) is 0 Å². The molecule has 5 nitrogen and oxygen atoms in total. The number of rotatable bonds is 4. The van der Waals surface area contributed by atoms with Gasteiger partial charge in [0.1, 0.15) is 6.04 Å². The third-order valence-electron chi connectivity index (χ3n) is 2.79. The van der Waals surface area contributed by atoms with E-state index in [9.17, 15) is 9.59 Å². The molecule has 0 fully saturated rings. The Balaban J connectivity index is 2.62. The lowest BCUT2D eigenvalue weighted by atomic mass is 10.2.